The zero-order chi connectivity index (χ0) is 24.5. The Kier molecular flexibility index (Phi) is 6.10. The number of halogens is 1. The predicted molar refractivity (Wildman–Crippen MR) is 131 cm³/mol. The Labute approximate surface area is 208 Å². The van der Waals surface area contributed by atoms with Crippen molar-refractivity contribution in [1.82, 2.24) is 20.3 Å². The number of nitrogens with zero attached hydrogens (tertiary/aromatic N) is 3. The highest BCUT2D eigenvalue weighted by Crippen LogP contribution is 2.43. The van der Waals surface area contributed by atoms with Gasteiger partial charge in [-0.05, 0) is 42.3 Å². The standard InChI is InChI=1S/C23H19ClN6O4S/c24-14-3-1-2-12(8-14)9-19(31)26-21-20(34-23(25)33)15-6-7-30(11-18(15)35-21)22(32)13-4-5-16-17(10-13)28-29-27-16/h1-5,8,10H,6-7,9,11H2,(H2,25,33)(H,26,31)(H,27,28,29). The number of hydrogen-bond acceptors (Lipinski definition) is 7. The zero-order valence-corrected chi connectivity index (χ0v) is 19.8. The van der Waals surface area contributed by atoms with E-state index in [1.165, 1.54) is 11.3 Å². The molecule has 0 atom stereocenters. The van der Waals surface area contributed by atoms with Crippen molar-refractivity contribution >= 4 is 56.9 Å². The van der Waals surface area contributed by atoms with Gasteiger partial charge in [0.25, 0.3) is 5.91 Å². The summed E-state index contributed by atoms with van der Waals surface area (Å²) in [4.78, 5) is 39.9. The number of aromatic nitrogens is 3. The summed E-state index contributed by atoms with van der Waals surface area (Å²) in [5.41, 5.74) is 8.55. The normalized spacial score (nSPS) is 12.9. The highest BCUT2D eigenvalue weighted by atomic mass is 35.5. The maximum absolute atomic E-state index is 13.1. The topological polar surface area (TPSA) is 143 Å². The third-order valence-electron chi connectivity index (χ3n) is 5.57. The molecule has 0 saturated heterocycles. The third-order valence-corrected chi connectivity index (χ3v) is 6.92. The van der Waals surface area contributed by atoms with Crippen LogP contribution in [0.3, 0.4) is 0 Å². The molecule has 0 radical (unpaired) electrons. The fourth-order valence-corrected chi connectivity index (χ4v) is 5.42. The molecule has 2 aromatic carbocycles. The van der Waals surface area contributed by atoms with E-state index in [4.69, 9.17) is 22.1 Å². The molecule has 0 fully saturated rings. The number of carbonyl (C=O) groups is 3. The van der Waals surface area contributed by atoms with Crippen molar-refractivity contribution in [1.29, 1.82) is 0 Å². The van der Waals surface area contributed by atoms with Gasteiger partial charge in [-0.15, -0.1) is 11.3 Å². The monoisotopic (exact) mass is 510 g/mol. The molecular formula is C23H19ClN6O4S. The van der Waals surface area contributed by atoms with E-state index in [0.29, 0.717) is 46.1 Å². The van der Waals surface area contributed by atoms with Crippen LogP contribution in [0.25, 0.3) is 11.0 Å². The number of carbonyl (C=O) groups excluding carboxylic acids is 3. The lowest BCUT2D eigenvalue weighted by Gasteiger charge is -2.27. The first-order valence-electron chi connectivity index (χ1n) is 10.6. The molecule has 12 heteroatoms. The molecule has 1 aliphatic heterocycles. The van der Waals surface area contributed by atoms with Gasteiger partial charge < -0.3 is 20.7 Å². The Morgan fingerprint density at radius 1 is 1.17 bits per heavy atom. The number of amides is 3. The van der Waals surface area contributed by atoms with Crippen LogP contribution in [0.1, 0.15) is 26.4 Å². The van der Waals surface area contributed by atoms with Crippen molar-refractivity contribution in [3.63, 3.8) is 0 Å². The Balaban J connectivity index is 1.36. The van der Waals surface area contributed by atoms with Crippen molar-refractivity contribution in [3.05, 3.63) is 69.1 Å². The van der Waals surface area contributed by atoms with Crippen LogP contribution in [0.2, 0.25) is 5.02 Å². The van der Waals surface area contributed by atoms with E-state index in [2.05, 4.69) is 20.7 Å². The minimum atomic E-state index is -0.977. The third kappa shape index (κ3) is 4.81. The Morgan fingerprint density at radius 2 is 2.00 bits per heavy atom. The highest BCUT2D eigenvalue weighted by molar-refractivity contribution is 7.17. The van der Waals surface area contributed by atoms with Crippen LogP contribution in [0.15, 0.2) is 42.5 Å². The lowest BCUT2D eigenvalue weighted by Crippen LogP contribution is -2.35. The SMILES string of the molecule is NC(=O)Oc1c(NC(=O)Cc2cccc(Cl)c2)sc2c1CCN(C(=O)c1ccc3n[nH]nc3c1)C2. The van der Waals surface area contributed by atoms with Crippen LogP contribution in [0.5, 0.6) is 5.75 Å². The maximum Gasteiger partial charge on any atom is 0.410 e. The summed E-state index contributed by atoms with van der Waals surface area (Å²) in [6.45, 7) is 0.708. The van der Waals surface area contributed by atoms with Crippen LogP contribution < -0.4 is 15.8 Å². The van der Waals surface area contributed by atoms with Gasteiger partial charge in [0, 0.05) is 27.6 Å². The largest absolute Gasteiger partial charge is 0.410 e. The second-order valence-electron chi connectivity index (χ2n) is 7.94. The number of ether oxygens (including phenoxy) is 1. The summed E-state index contributed by atoms with van der Waals surface area (Å²) in [5.74, 6) is -0.222. The summed E-state index contributed by atoms with van der Waals surface area (Å²) in [6, 6.07) is 12.1. The smallest absolute Gasteiger partial charge is 0.407 e. The van der Waals surface area contributed by atoms with Gasteiger partial charge in [-0.3, -0.25) is 9.59 Å². The number of fused-ring (bicyclic) bond motifs is 2. The van der Waals surface area contributed by atoms with Gasteiger partial charge in [0.1, 0.15) is 16.0 Å². The van der Waals surface area contributed by atoms with E-state index in [0.717, 1.165) is 16.0 Å². The average Bonchev–Trinajstić information content (AvgIpc) is 3.42. The summed E-state index contributed by atoms with van der Waals surface area (Å²) in [7, 11) is 0. The molecule has 0 bridgehead atoms. The predicted octanol–water partition coefficient (Wildman–Crippen LogP) is 3.51. The first-order valence-corrected chi connectivity index (χ1v) is 11.8. The van der Waals surface area contributed by atoms with Crippen LogP contribution in [0.4, 0.5) is 9.80 Å². The molecule has 5 rings (SSSR count). The first kappa shape index (κ1) is 22.8. The summed E-state index contributed by atoms with van der Waals surface area (Å²) in [6.07, 6.45) is -0.444. The fraction of sp³-hybridized carbons (Fsp3) is 0.174. The van der Waals surface area contributed by atoms with Gasteiger partial charge in [-0.1, -0.05) is 23.7 Å². The molecule has 1 aliphatic rings. The minimum absolute atomic E-state index is 0.0915. The first-order chi connectivity index (χ1) is 16.9. The van der Waals surface area contributed by atoms with Crippen LogP contribution >= 0.6 is 22.9 Å². The molecule has 4 aromatic rings. The number of nitrogens with two attached hydrogens (primary N) is 1. The molecular weight excluding hydrogens is 492 g/mol. The molecule has 0 saturated carbocycles. The number of H-pyrrole nitrogens is 1. The van der Waals surface area contributed by atoms with Crippen LogP contribution in [0, 0.1) is 0 Å². The number of nitrogens with one attached hydrogen (secondary N) is 2. The molecule has 178 valence electrons. The van der Waals surface area contributed by atoms with Gasteiger partial charge in [-0.2, -0.15) is 15.4 Å². The van der Waals surface area contributed by atoms with E-state index in [-0.39, 0.29) is 24.0 Å². The molecule has 2 aromatic heterocycles. The molecule has 35 heavy (non-hydrogen) atoms. The second-order valence-corrected chi connectivity index (χ2v) is 9.48. The zero-order valence-electron chi connectivity index (χ0n) is 18.2. The van der Waals surface area contributed by atoms with Crippen molar-refractivity contribution in [2.45, 2.75) is 19.4 Å². The van der Waals surface area contributed by atoms with E-state index in [1.54, 1.807) is 47.4 Å². The Bertz CT molecular complexity index is 1470. The molecule has 0 aliphatic carbocycles. The number of anilines is 1. The van der Waals surface area contributed by atoms with E-state index >= 15 is 0 Å². The summed E-state index contributed by atoms with van der Waals surface area (Å²) >= 11 is 7.26. The summed E-state index contributed by atoms with van der Waals surface area (Å²) in [5, 5.41) is 14.3. The number of aromatic amines is 1. The molecule has 0 unspecified atom stereocenters. The Hall–Kier alpha value is -3.96. The van der Waals surface area contributed by atoms with E-state index in [9.17, 15) is 14.4 Å². The average molecular weight is 511 g/mol. The van der Waals surface area contributed by atoms with Crippen molar-refractivity contribution < 1.29 is 19.1 Å². The molecule has 3 heterocycles. The summed E-state index contributed by atoms with van der Waals surface area (Å²) < 4.78 is 5.26. The second kappa shape index (κ2) is 9.35. The van der Waals surface area contributed by atoms with Gasteiger partial charge in [0.2, 0.25) is 5.91 Å². The van der Waals surface area contributed by atoms with Gasteiger partial charge >= 0.3 is 6.09 Å². The lowest BCUT2D eigenvalue weighted by atomic mass is 10.1. The number of primary amides is 1. The number of hydrogen-bond donors (Lipinski definition) is 3. The van der Waals surface area contributed by atoms with E-state index < -0.39 is 6.09 Å². The number of thiophene rings is 1. The van der Waals surface area contributed by atoms with Gasteiger partial charge in [0.15, 0.2) is 5.75 Å². The van der Waals surface area contributed by atoms with E-state index in [1.807, 2.05) is 0 Å². The van der Waals surface area contributed by atoms with Crippen molar-refractivity contribution in [2.24, 2.45) is 5.73 Å². The number of rotatable bonds is 5. The van der Waals surface area contributed by atoms with Crippen molar-refractivity contribution in [2.75, 3.05) is 11.9 Å². The lowest BCUT2D eigenvalue weighted by molar-refractivity contribution is -0.115. The molecule has 4 N–H and O–H groups in total. The minimum Gasteiger partial charge on any atom is -0.407 e. The molecule has 10 nitrogen and oxygen atoms in total. The maximum atomic E-state index is 13.1. The quantitative estimate of drug-likeness (QED) is 0.375. The van der Waals surface area contributed by atoms with Crippen molar-refractivity contribution in [3.8, 4) is 5.75 Å². The van der Waals surface area contributed by atoms with Crippen LogP contribution in [-0.4, -0.2) is 44.8 Å². The number of benzene rings is 2. The molecule has 3 amide bonds. The van der Waals surface area contributed by atoms with Crippen LogP contribution in [-0.2, 0) is 24.2 Å². The highest BCUT2D eigenvalue weighted by Gasteiger charge is 2.30. The Morgan fingerprint density at radius 3 is 2.80 bits per heavy atom. The van der Waals surface area contributed by atoms with Gasteiger partial charge in [0.05, 0.1) is 13.0 Å². The fourth-order valence-electron chi connectivity index (χ4n) is 4.00. The van der Waals surface area contributed by atoms with Gasteiger partial charge in [-0.25, -0.2) is 4.79 Å². The molecule has 0 spiro atoms.